The van der Waals surface area contributed by atoms with E-state index in [1.54, 1.807) is 17.0 Å². The van der Waals surface area contributed by atoms with Gasteiger partial charge in [-0.2, -0.15) is 0 Å². The Morgan fingerprint density at radius 1 is 1.02 bits per heavy atom. The lowest BCUT2D eigenvalue weighted by Crippen LogP contribution is -2.44. The van der Waals surface area contributed by atoms with Gasteiger partial charge in [0.2, 0.25) is 0 Å². The first kappa shape index (κ1) is 33.1. The molecular weight excluding hydrogens is 572 g/mol. The van der Waals surface area contributed by atoms with E-state index in [9.17, 15) is 14.4 Å². The van der Waals surface area contributed by atoms with E-state index in [4.69, 9.17) is 32.5 Å². The molecule has 0 bridgehead atoms. The first-order valence-electron chi connectivity index (χ1n) is 13.8. The summed E-state index contributed by atoms with van der Waals surface area (Å²) in [6.45, 7) is 8.27. The van der Waals surface area contributed by atoms with Crippen LogP contribution in [0.2, 0.25) is 5.15 Å². The van der Waals surface area contributed by atoms with Crippen LogP contribution in [0.4, 0.5) is 16.4 Å². The van der Waals surface area contributed by atoms with Crippen molar-refractivity contribution in [1.82, 2.24) is 20.2 Å². The number of nitrogens with one attached hydrogen (secondary N) is 1. The number of hydrogen-bond acceptors (Lipinski definition) is 9. The smallest absolute Gasteiger partial charge is 0.410 e. The Morgan fingerprint density at radius 3 is 2.33 bits per heavy atom. The summed E-state index contributed by atoms with van der Waals surface area (Å²) in [5, 5.41) is 2.75. The standard InChI is InChI=1S/C31H39ClN6O5/c1-19-8-6-7-9-23(19)16-21(17-35-28(39)24-26(33)37-27(34)25(32)36-24)18-38(30(41)43-31(2,3)4)15-14-20-10-12-22(13-11-20)29(40)42-5/h6-13,21H,14-18H2,1-5H3,(H,35,39)(H4,33,34,37)/t21-/m0/s1. The molecule has 0 unspecified atom stereocenters. The molecule has 43 heavy (non-hydrogen) atoms. The summed E-state index contributed by atoms with van der Waals surface area (Å²) in [5.74, 6) is -1.39. The van der Waals surface area contributed by atoms with E-state index in [1.807, 2.05) is 64.1 Å². The maximum atomic E-state index is 13.4. The zero-order valence-corrected chi connectivity index (χ0v) is 25.9. The molecule has 0 radical (unpaired) electrons. The minimum absolute atomic E-state index is 0.0684. The van der Waals surface area contributed by atoms with Gasteiger partial charge in [0, 0.05) is 19.6 Å². The topological polar surface area (TPSA) is 163 Å². The Labute approximate surface area is 256 Å². The molecule has 2 amide bonds. The van der Waals surface area contributed by atoms with Crippen molar-refractivity contribution >= 4 is 41.2 Å². The van der Waals surface area contributed by atoms with Crippen LogP contribution in [0.5, 0.6) is 0 Å². The van der Waals surface area contributed by atoms with Crippen LogP contribution in [0, 0.1) is 12.8 Å². The monoisotopic (exact) mass is 610 g/mol. The second kappa shape index (κ2) is 14.7. The van der Waals surface area contributed by atoms with Gasteiger partial charge in [0.15, 0.2) is 22.5 Å². The summed E-state index contributed by atoms with van der Waals surface area (Å²) < 4.78 is 10.5. The lowest BCUT2D eigenvalue weighted by atomic mass is 9.95. The highest BCUT2D eigenvalue weighted by atomic mass is 35.5. The van der Waals surface area contributed by atoms with Gasteiger partial charge in [0.25, 0.3) is 5.91 Å². The quantitative estimate of drug-likeness (QED) is 0.266. The highest BCUT2D eigenvalue weighted by Gasteiger charge is 2.26. The lowest BCUT2D eigenvalue weighted by Gasteiger charge is -2.31. The summed E-state index contributed by atoms with van der Waals surface area (Å²) in [7, 11) is 1.33. The summed E-state index contributed by atoms with van der Waals surface area (Å²) in [5.41, 5.74) is 14.2. The first-order chi connectivity index (χ1) is 20.3. The molecule has 0 aliphatic heterocycles. The van der Waals surface area contributed by atoms with Crippen molar-refractivity contribution in [3.05, 3.63) is 81.6 Å². The van der Waals surface area contributed by atoms with Crippen LogP contribution < -0.4 is 16.8 Å². The number of carbonyl (C=O) groups is 3. The second-order valence-electron chi connectivity index (χ2n) is 11.2. The Bertz CT molecular complexity index is 1440. The van der Waals surface area contributed by atoms with Crippen LogP contribution in [-0.4, -0.2) is 65.2 Å². The number of methoxy groups -OCH3 is 1. The Hall–Kier alpha value is -4.38. The van der Waals surface area contributed by atoms with Gasteiger partial charge >= 0.3 is 12.1 Å². The number of aromatic nitrogens is 2. The number of carbonyl (C=O) groups excluding carboxylic acids is 3. The van der Waals surface area contributed by atoms with Crippen LogP contribution in [0.1, 0.15) is 58.3 Å². The third-order valence-electron chi connectivity index (χ3n) is 6.62. The van der Waals surface area contributed by atoms with Crippen LogP contribution in [0.25, 0.3) is 0 Å². The van der Waals surface area contributed by atoms with E-state index in [2.05, 4.69) is 15.3 Å². The molecule has 1 heterocycles. The maximum Gasteiger partial charge on any atom is 0.410 e. The number of benzene rings is 2. The average Bonchev–Trinajstić information content (AvgIpc) is 2.95. The molecule has 12 heteroatoms. The minimum atomic E-state index is -0.707. The van der Waals surface area contributed by atoms with Gasteiger partial charge in [-0.05, 0) is 75.3 Å². The van der Waals surface area contributed by atoms with Crippen molar-refractivity contribution in [1.29, 1.82) is 0 Å². The molecule has 0 spiro atoms. The molecule has 230 valence electrons. The predicted molar refractivity (Wildman–Crippen MR) is 166 cm³/mol. The lowest BCUT2D eigenvalue weighted by molar-refractivity contribution is 0.0222. The average molecular weight is 611 g/mol. The number of amides is 2. The SMILES string of the molecule is COC(=O)c1ccc(CCN(C[C@H](CNC(=O)c2nc(Cl)c(N)nc2N)Cc2ccccc2C)C(=O)OC(C)(C)C)cc1. The molecule has 0 aliphatic carbocycles. The zero-order valence-electron chi connectivity index (χ0n) is 25.1. The number of ether oxygens (including phenoxy) is 2. The molecule has 2 aromatic carbocycles. The largest absolute Gasteiger partial charge is 0.465 e. The Morgan fingerprint density at radius 2 is 1.70 bits per heavy atom. The maximum absolute atomic E-state index is 13.4. The van der Waals surface area contributed by atoms with Crippen molar-refractivity contribution in [2.45, 2.75) is 46.1 Å². The van der Waals surface area contributed by atoms with Gasteiger partial charge < -0.3 is 31.2 Å². The number of nitrogens with zero attached hydrogens (tertiary/aromatic N) is 3. The minimum Gasteiger partial charge on any atom is -0.465 e. The fourth-order valence-corrected chi connectivity index (χ4v) is 4.49. The first-order valence-corrected chi connectivity index (χ1v) is 14.2. The summed E-state index contributed by atoms with van der Waals surface area (Å²) in [6.07, 6.45) is 0.615. The van der Waals surface area contributed by atoms with E-state index in [0.29, 0.717) is 24.9 Å². The second-order valence-corrected chi connectivity index (χ2v) is 11.6. The van der Waals surface area contributed by atoms with Gasteiger partial charge in [-0.3, -0.25) is 4.79 Å². The van der Waals surface area contributed by atoms with E-state index in [1.165, 1.54) is 7.11 Å². The highest BCUT2D eigenvalue weighted by molar-refractivity contribution is 6.31. The highest BCUT2D eigenvalue weighted by Crippen LogP contribution is 2.20. The summed E-state index contributed by atoms with van der Waals surface area (Å²) >= 11 is 5.98. The summed E-state index contributed by atoms with van der Waals surface area (Å²) in [4.78, 5) is 47.7. The number of aryl methyl sites for hydroxylation is 1. The van der Waals surface area contributed by atoms with Crippen LogP contribution in [0.15, 0.2) is 48.5 Å². The molecule has 1 aromatic heterocycles. The molecule has 0 fully saturated rings. The Kier molecular flexibility index (Phi) is 11.3. The van der Waals surface area contributed by atoms with E-state index in [0.717, 1.165) is 16.7 Å². The zero-order chi connectivity index (χ0) is 31.7. The number of esters is 1. The van der Waals surface area contributed by atoms with Gasteiger partial charge in [-0.1, -0.05) is 48.0 Å². The van der Waals surface area contributed by atoms with E-state index in [-0.39, 0.29) is 41.5 Å². The fraction of sp³-hybridized carbons (Fsp3) is 0.387. The van der Waals surface area contributed by atoms with Crippen LogP contribution in [-0.2, 0) is 22.3 Å². The number of anilines is 2. The fourth-order valence-electron chi connectivity index (χ4n) is 4.37. The normalized spacial score (nSPS) is 11.9. The third kappa shape index (κ3) is 9.85. The van der Waals surface area contributed by atoms with Crippen molar-refractivity contribution in [3.8, 4) is 0 Å². The number of nitrogen functional groups attached to an aromatic ring is 2. The van der Waals surface area contributed by atoms with Crippen molar-refractivity contribution in [2.75, 3.05) is 38.2 Å². The molecular formula is C31H39ClN6O5. The molecule has 3 aromatic rings. The van der Waals surface area contributed by atoms with E-state index >= 15 is 0 Å². The summed E-state index contributed by atoms with van der Waals surface area (Å²) in [6, 6.07) is 15.0. The van der Waals surface area contributed by atoms with Gasteiger partial charge in [-0.15, -0.1) is 0 Å². The molecule has 0 aliphatic rings. The molecule has 0 saturated heterocycles. The van der Waals surface area contributed by atoms with E-state index < -0.39 is 23.6 Å². The van der Waals surface area contributed by atoms with Crippen molar-refractivity contribution in [3.63, 3.8) is 0 Å². The van der Waals surface area contributed by atoms with Crippen LogP contribution >= 0.6 is 11.6 Å². The number of nitrogens with two attached hydrogens (primary N) is 2. The molecule has 3 rings (SSSR count). The third-order valence-corrected chi connectivity index (χ3v) is 6.89. The molecule has 1 atom stereocenters. The molecule has 0 saturated carbocycles. The van der Waals surface area contributed by atoms with Gasteiger partial charge in [0.1, 0.15) is 5.60 Å². The predicted octanol–water partition coefficient (Wildman–Crippen LogP) is 4.46. The van der Waals surface area contributed by atoms with Gasteiger partial charge in [0.05, 0.1) is 12.7 Å². The van der Waals surface area contributed by atoms with Crippen molar-refractivity contribution < 1.29 is 23.9 Å². The Balaban J connectivity index is 1.83. The van der Waals surface area contributed by atoms with Gasteiger partial charge in [-0.25, -0.2) is 19.6 Å². The number of halogens is 1. The van der Waals surface area contributed by atoms with Crippen molar-refractivity contribution in [2.24, 2.45) is 5.92 Å². The number of rotatable bonds is 11. The molecule has 11 nitrogen and oxygen atoms in total. The molecule has 5 N–H and O–H groups in total. The number of hydrogen-bond donors (Lipinski definition) is 3. The van der Waals surface area contributed by atoms with Crippen LogP contribution in [0.3, 0.4) is 0 Å².